The highest BCUT2D eigenvalue weighted by atomic mass is 32.1. The van der Waals surface area contributed by atoms with Gasteiger partial charge in [-0.3, -0.25) is 0 Å². The molecular weight excluding hydrogens is 587 g/mol. The lowest BCUT2D eigenvalue weighted by Gasteiger charge is -2.12. The Bertz CT molecular complexity index is 2840. The minimum absolute atomic E-state index is 1.03. The highest BCUT2D eigenvalue weighted by Crippen LogP contribution is 2.43. The van der Waals surface area contributed by atoms with Crippen LogP contribution in [-0.2, 0) is 0 Å². The Morgan fingerprint density at radius 3 is 1.66 bits per heavy atom. The van der Waals surface area contributed by atoms with Gasteiger partial charge in [0.15, 0.2) is 0 Å². The summed E-state index contributed by atoms with van der Waals surface area (Å²) in [4.78, 5) is 5.23. The maximum Gasteiger partial charge on any atom is 0.0788 e. The van der Waals surface area contributed by atoms with E-state index in [9.17, 15) is 0 Å². The lowest BCUT2D eigenvalue weighted by Crippen LogP contribution is -1.90. The molecule has 218 valence electrons. The molecular formula is C45H27NS. The van der Waals surface area contributed by atoms with Gasteiger partial charge in [0.05, 0.1) is 11.2 Å². The molecule has 1 nitrogen and oxygen atoms in total. The van der Waals surface area contributed by atoms with Crippen molar-refractivity contribution in [1.82, 2.24) is 4.98 Å². The smallest absolute Gasteiger partial charge is 0.0788 e. The summed E-state index contributed by atoms with van der Waals surface area (Å²) in [5, 5.41) is 11.4. The van der Waals surface area contributed by atoms with Crippen molar-refractivity contribution in [2.24, 2.45) is 0 Å². The van der Waals surface area contributed by atoms with Crippen molar-refractivity contribution in [2.75, 3.05) is 0 Å². The number of hydrogen-bond donors (Lipinski definition) is 0. The molecule has 0 N–H and O–H groups in total. The molecule has 0 aliphatic heterocycles. The van der Waals surface area contributed by atoms with Crippen LogP contribution in [-0.4, -0.2) is 4.98 Å². The van der Waals surface area contributed by atoms with Crippen LogP contribution in [0.2, 0.25) is 0 Å². The van der Waals surface area contributed by atoms with Crippen LogP contribution in [0, 0.1) is 0 Å². The summed E-state index contributed by atoms with van der Waals surface area (Å²) in [7, 11) is 0. The Balaban J connectivity index is 1.04. The number of fused-ring (bicyclic) bond motifs is 9. The predicted molar refractivity (Wildman–Crippen MR) is 203 cm³/mol. The zero-order valence-corrected chi connectivity index (χ0v) is 26.3. The van der Waals surface area contributed by atoms with Gasteiger partial charge in [-0.1, -0.05) is 133 Å². The maximum absolute atomic E-state index is 5.23. The number of hydrogen-bond acceptors (Lipinski definition) is 2. The first-order valence-corrected chi connectivity index (χ1v) is 16.9. The van der Waals surface area contributed by atoms with E-state index in [1.165, 1.54) is 80.1 Å². The lowest BCUT2D eigenvalue weighted by atomic mass is 9.95. The van der Waals surface area contributed by atoms with Gasteiger partial charge in [-0.2, -0.15) is 0 Å². The van der Waals surface area contributed by atoms with Crippen LogP contribution in [0.25, 0.3) is 96.9 Å². The molecule has 47 heavy (non-hydrogen) atoms. The highest BCUT2D eigenvalue weighted by Gasteiger charge is 2.16. The van der Waals surface area contributed by atoms with Gasteiger partial charge >= 0.3 is 0 Å². The van der Waals surface area contributed by atoms with Gasteiger partial charge in [0.2, 0.25) is 0 Å². The molecule has 0 fully saturated rings. The largest absolute Gasteiger partial charge is 0.247 e. The minimum Gasteiger partial charge on any atom is -0.247 e. The summed E-state index contributed by atoms with van der Waals surface area (Å²) in [6.45, 7) is 0. The van der Waals surface area contributed by atoms with Crippen LogP contribution in [0.15, 0.2) is 164 Å². The van der Waals surface area contributed by atoms with Crippen LogP contribution in [0.3, 0.4) is 0 Å². The first-order valence-electron chi connectivity index (χ1n) is 16.0. The number of nitrogens with zero attached hydrogens (tertiary/aromatic N) is 1. The number of rotatable bonds is 3. The van der Waals surface area contributed by atoms with E-state index in [4.69, 9.17) is 4.98 Å². The quantitative estimate of drug-likeness (QED) is 0.181. The SMILES string of the molecule is c1ccc2cc(-c3ccc4cc(-c5ccc(-c6nc7ccccc7c7c6ccc6c8ccccc8sc67)cc5)ccc4c3)ccc2c1. The highest BCUT2D eigenvalue weighted by molar-refractivity contribution is 7.26. The first-order chi connectivity index (χ1) is 23.3. The van der Waals surface area contributed by atoms with E-state index in [2.05, 4.69) is 164 Å². The fourth-order valence-electron chi connectivity index (χ4n) is 7.23. The summed E-state index contributed by atoms with van der Waals surface area (Å²) >= 11 is 1.88. The standard InChI is InChI=1S/C45H27NS/c1-2-8-31-25-33(18-15-28(31)7-1)36-22-21-34-26-32(19-20-35(34)27-36)29-13-16-30(17-14-29)44-40-24-23-38-37-9-4-6-12-42(37)47-45(38)43(40)39-10-3-5-11-41(39)46-44/h1-27H. The first kappa shape index (κ1) is 26.4. The molecule has 0 amide bonds. The van der Waals surface area contributed by atoms with Crippen molar-refractivity contribution in [3.8, 4) is 33.5 Å². The molecule has 0 saturated carbocycles. The van der Waals surface area contributed by atoms with Gasteiger partial charge in [-0.25, -0.2) is 4.98 Å². The molecule has 0 bridgehead atoms. The zero-order chi connectivity index (χ0) is 30.9. The lowest BCUT2D eigenvalue weighted by molar-refractivity contribution is 1.43. The molecule has 0 spiro atoms. The second-order valence-electron chi connectivity index (χ2n) is 12.4. The molecule has 10 rings (SSSR count). The maximum atomic E-state index is 5.23. The molecule has 2 heterocycles. The molecule has 2 heteroatoms. The Morgan fingerprint density at radius 2 is 0.894 bits per heavy atom. The van der Waals surface area contributed by atoms with E-state index < -0.39 is 0 Å². The zero-order valence-electron chi connectivity index (χ0n) is 25.4. The molecule has 8 aromatic carbocycles. The molecule has 2 aromatic heterocycles. The van der Waals surface area contributed by atoms with Crippen molar-refractivity contribution in [1.29, 1.82) is 0 Å². The topological polar surface area (TPSA) is 12.9 Å². The Morgan fingerprint density at radius 1 is 0.362 bits per heavy atom. The van der Waals surface area contributed by atoms with Crippen LogP contribution in [0.1, 0.15) is 0 Å². The van der Waals surface area contributed by atoms with Gasteiger partial charge in [0.1, 0.15) is 0 Å². The van der Waals surface area contributed by atoms with Crippen LogP contribution in [0.4, 0.5) is 0 Å². The van der Waals surface area contributed by atoms with Crippen molar-refractivity contribution in [3.05, 3.63) is 164 Å². The van der Waals surface area contributed by atoms with Crippen molar-refractivity contribution < 1.29 is 0 Å². The molecule has 0 radical (unpaired) electrons. The molecule has 0 saturated heterocycles. The van der Waals surface area contributed by atoms with Crippen LogP contribution >= 0.6 is 11.3 Å². The van der Waals surface area contributed by atoms with Crippen LogP contribution in [0.5, 0.6) is 0 Å². The number of benzene rings is 8. The molecule has 0 atom stereocenters. The number of aromatic nitrogens is 1. The van der Waals surface area contributed by atoms with E-state index in [1.807, 2.05) is 11.3 Å². The van der Waals surface area contributed by atoms with Gasteiger partial charge < -0.3 is 0 Å². The van der Waals surface area contributed by atoms with Gasteiger partial charge in [-0.15, -0.1) is 11.3 Å². The summed E-state index contributed by atoms with van der Waals surface area (Å²) < 4.78 is 2.65. The Labute approximate surface area is 276 Å². The van der Waals surface area contributed by atoms with Crippen molar-refractivity contribution >= 4 is 74.7 Å². The molecule has 0 aliphatic rings. The van der Waals surface area contributed by atoms with Gasteiger partial charge in [0, 0.05) is 41.9 Å². The molecule has 0 unspecified atom stereocenters. The fraction of sp³-hybridized carbons (Fsp3) is 0. The Hall–Kier alpha value is -5.83. The van der Waals surface area contributed by atoms with E-state index in [0.717, 1.165) is 16.8 Å². The van der Waals surface area contributed by atoms with E-state index in [1.54, 1.807) is 0 Å². The van der Waals surface area contributed by atoms with Gasteiger partial charge in [0.25, 0.3) is 0 Å². The second-order valence-corrected chi connectivity index (χ2v) is 13.4. The number of thiophene rings is 1. The van der Waals surface area contributed by atoms with Gasteiger partial charge in [-0.05, 0) is 74.1 Å². The minimum atomic E-state index is 1.03. The summed E-state index contributed by atoms with van der Waals surface area (Å²) in [5.41, 5.74) is 8.09. The number of para-hydroxylation sites is 1. The normalized spacial score (nSPS) is 11.8. The monoisotopic (exact) mass is 613 g/mol. The average Bonchev–Trinajstić information content (AvgIpc) is 3.53. The fourth-order valence-corrected chi connectivity index (χ4v) is 8.50. The third-order valence-corrected chi connectivity index (χ3v) is 10.8. The van der Waals surface area contributed by atoms with E-state index >= 15 is 0 Å². The van der Waals surface area contributed by atoms with E-state index in [0.29, 0.717) is 0 Å². The third kappa shape index (κ3) is 4.26. The summed E-state index contributed by atoms with van der Waals surface area (Å²) in [5.74, 6) is 0. The summed E-state index contributed by atoms with van der Waals surface area (Å²) in [6, 6.07) is 59.6. The summed E-state index contributed by atoms with van der Waals surface area (Å²) in [6.07, 6.45) is 0. The van der Waals surface area contributed by atoms with Crippen LogP contribution < -0.4 is 0 Å². The number of pyridine rings is 1. The molecule has 10 aromatic rings. The second kappa shape index (κ2) is 10.3. The average molecular weight is 614 g/mol. The van der Waals surface area contributed by atoms with Crippen molar-refractivity contribution in [3.63, 3.8) is 0 Å². The molecule has 0 aliphatic carbocycles. The third-order valence-electron chi connectivity index (χ3n) is 9.62. The van der Waals surface area contributed by atoms with Crippen molar-refractivity contribution in [2.45, 2.75) is 0 Å². The Kier molecular flexibility index (Phi) is 5.81. The predicted octanol–water partition coefficient (Wildman–Crippen LogP) is 13.1. The van der Waals surface area contributed by atoms with E-state index in [-0.39, 0.29) is 0 Å².